The Morgan fingerprint density at radius 1 is 1.40 bits per heavy atom. The van der Waals surface area contributed by atoms with E-state index in [0.717, 1.165) is 0 Å². The molecule has 0 bridgehead atoms. The zero-order chi connectivity index (χ0) is 15.2. The molecule has 4 N–H and O–H groups in total. The summed E-state index contributed by atoms with van der Waals surface area (Å²) in [7, 11) is 0. The molecular weight excluding hydrogens is 256 g/mol. The summed E-state index contributed by atoms with van der Waals surface area (Å²) in [5.74, 6) is 0. The van der Waals surface area contributed by atoms with Gasteiger partial charge in [-0.2, -0.15) is 5.26 Å². The lowest BCUT2D eigenvalue weighted by Crippen LogP contribution is -2.35. The van der Waals surface area contributed by atoms with Crippen molar-refractivity contribution in [1.29, 1.82) is 5.26 Å². The first-order valence-electron chi connectivity index (χ1n) is 6.32. The Labute approximate surface area is 118 Å². The highest BCUT2D eigenvalue weighted by Gasteiger charge is 2.15. The summed E-state index contributed by atoms with van der Waals surface area (Å²) < 4.78 is 5.10. The van der Waals surface area contributed by atoms with Gasteiger partial charge in [0.05, 0.1) is 23.0 Å². The molecule has 0 unspecified atom stereocenters. The lowest BCUT2D eigenvalue weighted by molar-refractivity contribution is 0.0530. The van der Waals surface area contributed by atoms with E-state index in [4.69, 9.17) is 15.7 Å². The van der Waals surface area contributed by atoms with Crippen LogP contribution >= 0.6 is 0 Å². The summed E-state index contributed by atoms with van der Waals surface area (Å²) in [5, 5.41) is 14.5. The van der Waals surface area contributed by atoms with Crippen molar-refractivity contribution in [3.63, 3.8) is 0 Å². The second-order valence-corrected chi connectivity index (χ2v) is 5.27. The monoisotopic (exact) mass is 276 g/mol. The summed E-state index contributed by atoms with van der Waals surface area (Å²) >= 11 is 0. The van der Waals surface area contributed by atoms with Crippen LogP contribution in [0, 0.1) is 11.3 Å². The maximum Gasteiger partial charge on any atom is 0.407 e. The van der Waals surface area contributed by atoms with Crippen LogP contribution in [0.15, 0.2) is 18.2 Å². The van der Waals surface area contributed by atoms with Crippen LogP contribution in [0.3, 0.4) is 0 Å². The fourth-order valence-corrected chi connectivity index (χ4v) is 1.45. The quantitative estimate of drug-likeness (QED) is 0.577. The highest BCUT2D eigenvalue weighted by Crippen LogP contribution is 2.19. The highest BCUT2D eigenvalue weighted by atomic mass is 16.6. The summed E-state index contributed by atoms with van der Waals surface area (Å²) in [6, 6.07) is 7.03. The number of carbonyl (C=O) groups is 1. The van der Waals surface area contributed by atoms with E-state index in [1.54, 1.807) is 39.0 Å². The highest BCUT2D eigenvalue weighted by molar-refractivity contribution is 5.69. The third-order valence-electron chi connectivity index (χ3n) is 2.29. The molecular formula is C14H20N4O2. The van der Waals surface area contributed by atoms with Crippen molar-refractivity contribution in [2.24, 2.45) is 0 Å². The van der Waals surface area contributed by atoms with Crippen molar-refractivity contribution in [3.8, 4) is 6.07 Å². The number of nitrogens with zero attached hydrogens (tertiary/aromatic N) is 1. The van der Waals surface area contributed by atoms with Crippen LogP contribution < -0.4 is 16.4 Å². The molecule has 0 aromatic heterocycles. The first kappa shape index (κ1) is 15.6. The van der Waals surface area contributed by atoms with Gasteiger partial charge in [0.15, 0.2) is 0 Å². The lowest BCUT2D eigenvalue weighted by atomic mass is 10.2. The molecule has 6 heteroatoms. The van der Waals surface area contributed by atoms with Crippen LogP contribution in [-0.4, -0.2) is 24.8 Å². The number of nitrogens with two attached hydrogens (primary N) is 1. The van der Waals surface area contributed by atoms with Gasteiger partial charge in [0, 0.05) is 13.1 Å². The number of nitrogen functional groups attached to an aromatic ring is 1. The standard InChI is InChI=1S/C14H20N4O2/c1-14(2,3)20-13(19)18-7-6-17-12-8-10(9-15)4-5-11(12)16/h4-5,8,17H,6-7,16H2,1-3H3,(H,18,19). The lowest BCUT2D eigenvalue weighted by Gasteiger charge is -2.19. The van der Waals surface area contributed by atoms with Crippen molar-refractivity contribution in [2.75, 3.05) is 24.1 Å². The third kappa shape index (κ3) is 5.48. The molecule has 0 atom stereocenters. The minimum Gasteiger partial charge on any atom is -0.444 e. The fourth-order valence-electron chi connectivity index (χ4n) is 1.45. The molecule has 0 heterocycles. The Morgan fingerprint density at radius 2 is 2.10 bits per heavy atom. The van der Waals surface area contributed by atoms with Gasteiger partial charge >= 0.3 is 6.09 Å². The van der Waals surface area contributed by atoms with Crippen molar-refractivity contribution >= 4 is 17.5 Å². The number of nitrogens with one attached hydrogen (secondary N) is 2. The van der Waals surface area contributed by atoms with E-state index in [1.165, 1.54) is 0 Å². The van der Waals surface area contributed by atoms with Crippen molar-refractivity contribution < 1.29 is 9.53 Å². The summed E-state index contributed by atoms with van der Waals surface area (Å²) in [5.41, 5.74) is 7.04. The van der Waals surface area contributed by atoms with Gasteiger partial charge in [-0.3, -0.25) is 0 Å². The Kier molecular flexibility index (Phi) is 5.21. The number of carbonyl (C=O) groups excluding carboxylic acids is 1. The molecule has 1 aromatic rings. The van der Waals surface area contributed by atoms with E-state index in [0.29, 0.717) is 30.0 Å². The van der Waals surface area contributed by atoms with E-state index in [-0.39, 0.29) is 0 Å². The molecule has 1 amide bonds. The molecule has 0 saturated heterocycles. The van der Waals surface area contributed by atoms with Crippen LogP contribution in [0.25, 0.3) is 0 Å². The Morgan fingerprint density at radius 3 is 2.70 bits per heavy atom. The maximum atomic E-state index is 11.4. The first-order valence-corrected chi connectivity index (χ1v) is 6.32. The molecule has 6 nitrogen and oxygen atoms in total. The molecule has 108 valence electrons. The van der Waals surface area contributed by atoms with Gasteiger partial charge in [-0.05, 0) is 39.0 Å². The number of anilines is 2. The van der Waals surface area contributed by atoms with E-state index in [1.807, 2.05) is 6.07 Å². The van der Waals surface area contributed by atoms with Gasteiger partial charge in [-0.25, -0.2) is 4.79 Å². The van der Waals surface area contributed by atoms with Gasteiger partial charge in [0.25, 0.3) is 0 Å². The van der Waals surface area contributed by atoms with E-state index in [2.05, 4.69) is 10.6 Å². The number of nitriles is 1. The number of hydrogen-bond donors (Lipinski definition) is 3. The summed E-state index contributed by atoms with van der Waals surface area (Å²) in [6.07, 6.45) is -0.460. The Bertz CT molecular complexity index is 515. The molecule has 1 rings (SSSR count). The summed E-state index contributed by atoms with van der Waals surface area (Å²) in [4.78, 5) is 11.4. The molecule has 0 spiro atoms. The smallest absolute Gasteiger partial charge is 0.407 e. The molecule has 0 aliphatic rings. The second kappa shape index (κ2) is 6.66. The minimum absolute atomic E-state index is 0.394. The normalized spacial score (nSPS) is 10.5. The van der Waals surface area contributed by atoms with Gasteiger partial charge in [0.2, 0.25) is 0 Å². The number of hydrogen-bond acceptors (Lipinski definition) is 5. The molecule has 0 saturated carbocycles. The Balaban J connectivity index is 2.38. The second-order valence-electron chi connectivity index (χ2n) is 5.27. The van der Waals surface area contributed by atoms with Gasteiger partial charge in [-0.15, -0.1) is 0 Å². The van der Waals surface area contributed by atoms with Gasteiger partial charge in [0.1, 0.15) is 5.60 Å². The average molecular weight is 276 g/mol. The largest absolute Gasteiger partial charge is 0.444 e. The summed E-state index contributed by atoms with van der Waals surface area (Å²) in [6.45, 7) is 6.29. The van der Waals surface area contributed by atoms with E-state index < -0.39 is 11.7 Å². The minimum atomic E-state index is -0.511. The number of rotatable bonds is 4. The van der Waals surface area contributed by atoms with Crippen LogP contribution in [0.2, 0.25) is 0 Å². The van der Waals surface area contributed by atoms with Crippen LogP contribution in [-0.2, 0) is 4.74 Å². The molecule has 0 radical (unpaired) electrons. The number of ether oxygens (including phenoxy) is 1. The number of benzene rings is 1. The first-order chi connectivity index (χ1) is 9.31. The van der Waals surface area contributed by atoms with Crippen molar-refractivity contribution in [3.05, 3.63) is 23.8 Å². The van der Waals surface area contributed by atoms with Crippen LogP contribution in [0.4, 0.5) is 16.2 Å². The number of amides is 1. The number of alkyl carbamates (subject to hydrolysis) is 1. The maximum absolute atomic E-state index is 11.4. The average Bonchev–Trinajstić information content (AvgIpc) is 2.34. The van der Waals surface area contributed by atoms with Crippen LogP contribution in [0.5, 0.6) is 0 Å². The molecule has 1 aromatic carbocycles. The van der Waals surface area contributed by atoms with E-state index >= 15 is 0 Å². The van der Waals surface area contributed by atoms with Crippen molar-refractivity contribution in [2.45, 2.75) is 26.4 Å². The molecule has 0 fully saturated rings. The Hall–Kier alpha value is -2.42. The predicted octanol–water partition coefficient (Wildman–Crippen LogP) is 2.08. The van der Waals surface area contributed by atoms with Crippen molar-refractivity contribution in [1.82, 2.24) is 5.32 Å². The predicted molar refractivity (Wildman–Crippen MR) is 78.3 cm³/mol. The molecule has 0 aliphatic carbocycles. The molecule has 20 heavy (non-hydrogen) atoms. The van der Waals surface area contributed by atoms with Gasteiger partial charge in [-0.1, -0.05) is 0 Å². The van der Waals surface area contributed by atoms with Crippen LogP contribution in [0.1, 0.15) is 26.3 Å². The zero-order valence-corrected chi connectivity index (χ0v) is 12.0. The third-order valence-corrected chi connectivity index (χ3v) is 2.29. The zero-order valence-electron chi connectivity index (χ0n) is 12.0. The fraction of sp³-hybridized carbons (Fsp3) is 0.429. The van der Waals surface area contributed by atoms with Gasteiger partial charge < -0.3 is 21.1 Å². The van der Waals surface area contributed by atoms with E-state index in [9.17, 15) is 4.79 Å². The SMILES string of the molecule is CC(C)(C)OC(=O)NCCNc1cc(C#N)ccc1N. The topological polar surface area (TPSA) is 100 Å². The molecule has 0 aliphatic heterocycles.